The lowest BCUT2D eigenvalue weighted by Gasteiger charge is -2.35. The molecule has 6 heteroatoms. The quantitative estimate of drug-likeness (QED) is 0.857. The molecule has 6 nitrogen and oxygen atoms in total. The van der Waals surface area contributed by atoms with Gasteiger partial charge in [0.25, 0.3) is 5.91 Å². The molecule has 1 aromatic carbocycles. The third kappa shape index (κ3) is 3.73. The third-order valence-electron chi connectivity index (χ3n) is 4.53. The molecule has 0 atom stereocenters. The van der Waals surface area contributed by atoms with Gasteiger partial charge in [0.1, 0.15) is 5.82 Å². The Morgan fingerprint density at radius 2 is 1.80 bits per heavy atom. The van der Waals surface area contributed by atoms with Crippen LogP contribution in [0.3, 0.4) is 0 Å². The Morgan fingerprint density at radius 1 is 1.08 bits per heavy atom. The molecule has 0 saturated carbocycles. The standard InChI is InChI=1S/C19H25N5O/c1-14-5-6-16(15(2)13-14)18(25)24-11-9-23(10-12-24)17-7-8-20-19(21-17)22(3)4/h5-8,13H,9-12H2,1-4H3. The number of rotatable bonds is 3. The van der Waals surface area contributed by atoms with Crippen molar-refractivity contribution >= 4 is 17.7 Å². The van der Waals surface area contributed by atoms with Crippen LogP contribution in [0.2, 0.25) is 0 Å². The lowest BCUT2D eigenvalue weighted by Crippen LogP contribution is -2.49. The lowest BCUT2D eigenvalue weighted by atomic mass is 10.0. The Balaban J connectivity index is 1.67. The Morgan fingerprint density at radius 3 is 2.44 bits per heavy atom. The molecule has 0 N–H and O–H groups in total. The fraction of sp³-hybridized carbons (Fsp3) is 0.421. The second kappa shape index (κ2) is 7.09. The Hall–Kier alpha value is -2.63. The van der Waals surface area contributed by atoms with Crippen molar-refractivity contribution in [1.29, 1.82) is 0 Å². The molecule has 1 aliphatic heterocycles. The molecule has 1 aliphatic rings. The van der Waals surface area contributed by atoms with E-state index in [1.165, 1.54) is 5.56 Å². The zero-order valence-electron chi connectivity index (χ0n) is 15.4. The number of carbonyl (C=O) groups is 1. The lowest BCUT2D eigenvalue weighted by molar-refractivity contribution is 0.0746. The smallest absolute Gasteiger partial charge is 0.254 e. The molecule has 1 saturated heterocycles. The van der Waals surface area contributed by atoms with Gasteiger partial charge in [0.2, 0.25) is 5.95 Å². The second-order valence-corrected chi connectivity index (χ2v) is 6.71. The largest absolute Gasteiger partial charge is 0.353 e. The average Bonchev–Trinajstić information content (AvgIpc) is 2.61. The number of hydrogen-bond acceptors (Lipinski definition) is 5. The first-order valence-electron chi connectivity index (χ1n) is 8.57. The average molecular weight is 339 g/mol. The molecule has 0 radical (unpaired) electrons. The third-order valence-corrected chi connectivity index (χ3v) is 4.53. The van der Waals surface area contributed by atoms with Crippen LogP contribution in [0.1, 0.15) is 21.5 Å². The highest BCUT2D eigenvalue weighted by Gasteiger charge is 2.24. The summed E-state index contributed by atoms with van der Waals surface area (Å²) in [7, 11) is 3.86. The first kappa shape index (κ1) is 17.2. The molecule has 1 amide bonds. The monoisotopic (exact) mass is 339 g/mol. The number of aromatic nitrogens is 2. The highest BCUT2D eigenvalue weighted by Crippen LogP contribution is 2.18. The van der Waals surface area contributed by atoms with Crippen molar-refractivity contribution in [1.82, 2.24) is 14.9 Å². The summed E-state index contributed by atoms with van der Waals surface area (Å²) in [5.74, 6) is 1.73. The molecule has 0 spiro atoms. The van der Waals surface area contributed by atoms with Crippen LogP contribution in [0, 0.1) is 13.8 Å². The predicted molar refractivity (Wildman–Crippen MR) is 100 cm³/mol. The zero-order valence-corrected chi connectivity index (χ0v) is 15.4. The van der Waals surface area contributed by atoms with E-state index >= 15 is 0 Å². The second-order valence-electron chi connectivity index (χ2n) is 6.71. The van der Waals surface area contributed by atoms with E-state index in [0.717, 1.165) is 30.0 Å². The fourth-order valence-corrected chi connectivity index (χ4v) is 3.09. The number of hydrogen-bond donors (Lipinski definition) is 0. The van der Waals surface area contributed by atoms with E-state index in [0.29, 0.717) is 19.0 Å². The van der Waals surface area contributed by atoms with Crippen molar-refractivity contribution in [2.75, 3.05) is 50.1 Å². The maximum atomic E-state index is 12.8. The van der Waals surface area contributed by atoms with Crippen molar-refractivity contribution in [3.8, 4) is 0 Å². The van der Waals surface area contributed by atoms with Gasteiger partial charge in [0, 0.05) is 52.0 Å². The van der Waals surface area contributed by atoms with E-state index in [4.69, 9.17) is 0 Å². The maximum Gasteiger partial charge on any atom is 0.254 e. The van der Waals surface area contributed by atoms with E-state index < -0.39 is 0 Å². The summed E-state index contributed by atoms with van der Waals surface area (Å²) in [5, 5.41) is 0. The summed E-state index contributed by atoms with van der Waals surface area (Å²) in [6.45, 7) is 7.01. The van der Waals surface area contributed by atoms with Crippen LogP contribution in [-0.2, 0) is 0 Å². The molecule has 0 bridgehead atoms. The molecule has 132 valence electrons. The van der Waals surface area contributed by atoms with Crippen LogP contribution in [0.4, 0.5) is 11.8 Å². The Bertz CT molecular complexity index is 766. The van der Waals surface area contributed by atoms with Crippen molar-refractivity contribution < 1.29 is 4.79 Å². The summed E-state index contributed by atoms with van der Waals surface area (Å²) in [4.78, 5) is 27.7. The first-order chi connectivity index (χ1) is 12.0. The molecule has 1 fully saturated rings. The van der Waals surface area contributed by atoms with Crippen LogP contribution >= 0.6 is 0 Å². The van der Waals surface area contributed by atoms with Crippen LogP contribution in [-0.4, -0.2) is 61.0 Å². The van der Waals surface area contributed by atoms with E-state index in [1.807, 2.05) is 55.9 Å². The minimum atomic E-state index is 0.119. The van der Waals surface area contributed by atoms with Gasteiger partial charge < -0.3 is 14.7 Å². The Kier molecular flexibility index (Phi) is 4.88. The minimum absolute atomic E-state index is 0.119. The SMILES string of the molecule is Cc1ccc(C(=O)N2CCN(c3ccnc(N(C)C)n3)CC2)c(C)c1. The van der Waals surface area contributed by atoms with Crippen LogP contribution in [0.5, 0.6) is 0 Å². The molecule has 0 aliphatic carbocycles. The van der Waals surface area contributed by atoms with Crippen LogP contribution in [0.25, 0.3) is 0 Å². The molecule has 2 heterocycles. The first-order valence-corrected chi connectivity index (χ1v) is 8.57. The summed E-state index contributed by atoms with van der Waals surface area (Å²) >= 11 is 0. The highest BCUT2D eigenvalue weighted by atomic mass is 16.2. The molecular weight excluding hydrogens is 314 g/mol. The normalized spacial score (nSPS) is 14.6. The molecule has 2 aromatic rings. The number of nitrogens with zero attached hydrogens (tertiary/aromatic N) is 5. The van der Waals surface area contributed by atoms with Crippen LogP contribution < -0.4 is 9.80 Å². The number of aryl methyl sites for hydroxylation is 2. The maximum absolute atomic E-state index is 12.8. The predicted octanol–water partition coefficient (Wildman–Crippen LogP) is 2.12. The zero-order chi connectivity index (χ0) is 18.0. The summed E-state index contributed by atoms with van der Waals surface area (Å²) in [5.41, 5.74) is 3.02. The topological polar surface area (TPSA) is 52.6 Å². The molecule has 25 heavy (non-hydrogen) atoms. The van der Waals surface area contributed by atoms with E-state index in [-0.39, 0.29) is 5.91 Å². The van der Waals surface area contributed by atoms with Crippen molar-refractivity contribution in [3.05, 3.63) is 47.2 Å². The number of benzene rings is 1. The van der Waals surface area contributed by atoms with Crippen molar-refractivity contribution in [3.63, 3.8) is 0 Å². The minimum Gasteiger partial charge on any atom is -0.353 e. The Labute approximate surface area is 149 Å². The van der Waals surface area contributed by atoms with Gasteiger partial charge in [0.15, 0.2) is 0 Å². The highest BCUT2D eigenvalue weighted by molar-refractivity contribution is 5.95. The van der Waals surface area contributed by atoms with E-state index in [1.54, 1.807) is 6.20 Å². The number of amides is 1. The number of anilines is 2. The van der Waals surface area contributed by atoms with Gasteiger partial charge in [0.05, 0.1) is 0 Å². The number of carbonyl (C=O) groups excluding carboxylic acids is 1. The van der Waals surface area contributed by atoms with Crippen molar-refractivity contribution in [2.45, 2.75) is 13.8 Å². The van der Waals surface area contributed by atoms with E-state index in [9.17, 15) is 4.79 Å². The summed E-state index contributed by atoms with van der Waals surface area (Å²) < 4.78 is 0. The van der Waals surface area contributed by atoms with Gasteiger partial charge in [-0.3, -0.25) is 4.79 Å². The summed E-state index contributed by atoms with van der Waals surface area (Å²) in [6, 6.07) is 7.93. The van der Waals surface area contributed by atoms with Crippen molar-refractivity contribution in [2.24, 2.45) is 0 Å². The molecule has 3 rings (SSSR count). The van der Waals surface area contributed by atoms with Gasteiger partial charge >= 0.3 is 0 Å². The summed E-state index contributed by atoms with van der Waals surface area (Å²) in [6.07, 6.45) is 1.78. The van der Waals surface area contributed by atoms with Gasteiger partial charge in [-0.15, -0.1) is 0 Å². The molecular formula is C19H25N5O. The van der Waals surface area contributed by atoms with Gasteiger partial charge in [-0.1, -0.05) is 17.7 Å². The molecule has 1 aromatic heterocycles. The fourth-order valence-electron chi connectivity index (χ4n) is 3.09. The van der Waals surface area contributed by atoms with Gasteiger partial charge in [-0.2, -0.15) is 4.98 Å². The number of piperazine rings is 1. The van der Waals surface area contributed by atoms with Gasteiger partial charge in [-0.05, 0) is 31.5 Å². The van der Waals surface area contributed by atoms with Crippen LogP contribution in [0.15, 0.2) is 30.5 Å². The molecule has 0 unspecified atom stereocenters. The van der Waals surface area contributed by atoms with Gasteiger partial charge in [-0.25, -0.2) is 4.98 Å². The van der Waals surface area contributed by atoms with E-state index in [2.05, 4.69) is 20.9 Å².